The van der Waals surface area contributed by atoms with Crippen molar-refractivity contribution in [3.63, 3.8) is 0 Å². The number of hydrogen-bond donors (Lipinski definition) is 1. The molecule has 4 nitrogen and oxygen atoms in total. The molecule has 0 spiro atoms. The molecule has 0 aromatic carbocycles. The Morgan fingerprint density at radius 3 is 2.47 bits per heavy atom. The van der Waals surface area contributed by atoms with Crippen molar-refractivity contribution >= 4 is 5.97 Å². The first-order chi connectivity index (χ1) is 7.10. The van der Waals surface area contributed by atoms with Crippen LogP contribution in [0.1, 0.15) is 36.5 Å². The van der Waals surface area contributed by atoms with Crippen LogP contribution in [0.3, 0.4) is 0 Å². The summed E-state index contributed by atoms with van der Waals surface area (Å²) in [6.07, 6.45) is 2.74. The second kappa shape index (κ2) is 3.36. The van der Waals surface area contributed by atoms with Crippen LogP contribution in [0.15, 0.2) is 0 Å². The molecule has 0 amide bonds. The quantitative estimate of drug-likeness (QED) is 0.751. The maximum Gasteiger partial charge on any atom is 0.319 e. The summed E-state index contributed by atoms with van der Waals surface area (Å²) < 4.78 is 4.86. The summed E-state index contributed by atoms with van der Waals surface area (Å²) in [5.41, 5.74) is 1.49. The van der Waals surface area contributed by atoms with Gasteiger partial charge in [-0.25, -0.2) is 4.98 Å². The lowest BCUT2D eigenvalue weighted by Crippen LogP contribution is -2.44. The Bertz CT molecular complexity index is 372. The number of methoxy groups -OCH3 is 1. The average molecular weight is 208 g/mol. The summed E-state index contributed by atoms with van der Waals surface area (Å²) in [5, 5.41) is 0. The van der Waals surface area contributed by atoms with Crippen LogP contribution in [-0.2, 0) is 14.9 Å². The molecule has 2 rings (SSSR count). The topological polar surface area (TPSA) is 55.0 Å². The van der Waals surface area contributed by atoms with E-state index >= 15 is 0 Å². The SMILES string of the molecule is COC(=O)C1(c2nc(C)c(C)[nH]2)CCC1. The molecule has 1 aliphatic carbocycles. The Hall–Kier alpha value is -1.32. The van der Waals surface area contributed by atoms with Crippen LogP contribution in [0.2, 0.25) is 0 Å². The number of hydrogen-bond acceptors (Lipinski definition) is 3. The fourth-order valence-electron chi connectivity index (χ4n) is 2.04. The molecular weight excluding hydrogens is 192 g/mol. The molecule has 15 heavy (non-hydrogen) atoms. The van der Waals surface area contributed by atoms with Crippen LogP contribution in [0.25, 0.3) is 0 Å². The van der Waals surface area contributed by atoms with E-state index in [1.54, 1.807) is 0 Å². The Balaban J connectivity index is 2.38. The lowest BCUT2D eigenvalue weighted by molar-refractivity contribution is -0.151. The largest absolute Gasteiger partial charge is 0.468 e. The van der Waals surface area contributed by atoms with E-state index in [2.05, 4.69) is 9.97 Å². The average Bonchev–Trinajstić information content (AvgIpc) is 2.45. The molecule has 4 heteroatoms. The zero-order valence-electron chi connectivity index (χ0n) is 9.39. The Labute approximate surface area is 89.0 Å². The van der Waals surface area contributed by atoms with Gasteiger partial charge in [0.05, 0.1) is 12.8 Å². The fraction of sp³-hybridized carbons (Fsp3) is 0.636. The monoisotopic (exact) mass is 208 g/mol. The maximum absolute atomic E-state index is 11.8. The molecule has 0 unspecified atom stereocenters. The number of nitrogens with zero attached hydrogens (tertiary/aromatic N) is 1. The summed E-state index contributed by atoms with van der Waals surface area (Å²) in [6.45, 7) is 3.91. The third-order valence-corrected chi connectivity index (χ3v) is 3.36. The van der Waals surface area contributed by atoms with Crippen molar-refractivity contribution in [2.24, 2.45) is 0 Å². The van der Waals surface area contributed by atoms with E-state index in [0.717, 1.165) is 36.5 Å². The third-order valence-electron chi connectivity index (χ3n) is 3.36. The molecule has 1 aliphatic rings. The molecule has 82 valence electrons. The van der Waals surface area contributed by atoms with Crippen molar-refractivity contribution in [2.75, 3.05) is 7.11 Å². The van der Waals surface area contributed by atoms with Crippen LogP contribution in [0.4, 0.5) is 0 Å². The van der Waals surface area contributed by atoms with E-state index in [4.69, 9.17) is 4.74 Å². The molecular formula is C11H16N2O2. The van der Waals surface area contributed by atoms with Gasteiger partial charge in [0.2, 0.25) is 0 Å². The molecule has 1 aromatic rings. The molecule has 1 fully saturated rings. The van der Waals surface area contributed by atoms with E-state index in [-0.39, 0.29) is 5.97 Å². The minimum absolute atomic E-state index is 0.164. The lowest BCUT2D eigenvalue weighted by atomic mass is 9.68. The number of aromatic nitrogens is 2. The zero-order valence-corrected chi connectivity index (χ0v) is 9.39. The highest BCUT2D eigenvalue weighted by Crippen LogP contribution is 2.43. The number of carbonyl (C=O) groups excluding carboxylic acids is 1. The van der Waals surface area contributed by atoms with Gasteiger partial charge in [-0.3, -0.25) is 4.79 Å². The number of esters is 1. The standard InChI is InChI=1S/C11H16N2O2/c1-7-8(2)13-9(12-7)11(5-4-6-11)10(14)15-3/h4-6H2,1-3H3,(H,12,13). The molecule has 1 heterocycles. The van der Waals surface area contributed by atoms with Crippen LogP contribution in [0.5, 0.6) is 0 Å². The number of aromatic amines is 1. The van der Waals surface area contributed by atoms with Crippen molar-refractivity contribution in [1.82, 2.24) is 9.97 Å². The van der Waals surface area contributed by atoms with Gasteiger partial charge in [-0.1, -0.05) is 6.42 Å². The minimum Gasteiger partial charge on any atom is -0.468 e. The van der Waals surface area contributed by atoms with Crippen LogP contribution in [0, 0.1) is 13.8 Å². The summed E-state index contributed by atoms with van der Waals surface area (Å²) in [7, 11) is 1.44. The highest BCUT2D eigenvalue weighted by atomic mass is 16.5. The van der Waals surface area contributed by atoms with Crippen molar-refractivity contribution < 1.29 is 9.53 Å². The number of nitrogens with one attached hydrogen (secondary N) is 1. The number of aryl methyl sites for hydroxylation is 2. The van der Waals surface area contributed by atoms with Gasteiger partial charge in [-0.15, -0.1) is 0 Å². The normalized spacial score (nSPS) is 18.3. The smallest absolute Gasteiger partial charge is 0.319 e. The zero-order chi connectivity index (χ0) is 11.1. The predicted octanol–water partition coefficient (Wildman–Crippen LogP) is 1.62. The van der Waals surface area contributed by atoms with Crippen LogP contribution in [-0.4, -0.2) is 23.0 Å². The van der Waals surface area contributed by atoms with Crippen molar-refractivity contribution in [1.29, 1.82) is 0 Å². The highest BCUT2D eigenvalue weighted by Gasteiger charge is 2.49. The van der Waals surface area contributed by atoms with Gasteiger partial charge in [0.25, 0.3) is 0 Å². The third kappa shape index (κ3) is 1.35. The summed E-state index contributed by atoms with van der Waals surface area (Å²) in [6, 6.07) is 0. The van der Waals surface area contributed by atoms with E-state index < -0.39 is 5.41 Å². The van der Waals surface area contributed by atoms with Gasteiger partial charge in [-0.2, -0.15) is 0 Å². The maximum atomic E-state index is 11.8. The second-order valence-corrected chi connectivity index (χ2v) is 4.22. The Kier molecular flexibility index (Phi) is 2.29. The molecule has 0 aliphatic heterocycles. The molecule has 0 atom stereocenters. The second-order valence-electron chi connectivity index (χ2n) is 4.22. The summed E-state index contributed by atoms with van der Waals surface area (Å²) in [5.74, 6) is 0.609. The molecule has 1 saturated carbocycles. The van der Waals surface area contributed by atoms with E-state index in [9.17, 15) is 4.79 Å². The van der Waals surface area contributed by atoms with Gasteiger partial charge in [0.15, 0.2) is 0 Å². The van der Waals surface area contributed by atoms with Gasteiger partial charge in [0.1, 0.15) is 11.2 Å². The van der Waals surface area contributed by atoms with E-state index in [1.807, 2.05) is 13.8 Å². The molecule has 1 N–H and O–H groups in total. The Morgan fingerprint density at radius 1 is 1.47 bits per heavy atom. The first-order valence-electron chi connectivity index (χ1n) is 5.22. The lowest BCUT2D eigenvalue weighted by Gasteiger charge is -2.36. The first kappa shape index (κ1) is 10.2. The van der Waals surface area contributed by atoms with E-state index in [1.165, 1.54) is 7.11 Å². The van der Waals surface area contributed by atoms with Gasteiger partial charge < -0.3 is 9.72 Å². The van der Waals surface area contributed by atoms with Crippen LogP contribution < -0.4 is 0 Å². The number of rotatable bonds is 2. The van der Waals surface area contributed by atoms with E-state index in [0.29, 0.717) is 0 Å². The Morgan fingerprint density at radius 2 is 2.13 bits per heavy atom. The van der Waals surface area contributed by atoms with Crippen molar-refractivity contribution in [3.8, 4) is 0 Å². The molecule has 1 aromatic heterocycles. The predicted molar refractivity (Wildman–Crippen MR) is 55.6 cm³/mol. The molecule has 0 saturated heterocycles. The summed E-state index contributed by atoms with van der Waals surface area (Å²) >= 11 is 0. The highest BCUT2D eigenvalue weighted by molar-refractivity contribution is 5.83. The van der Waals surface area contributed by atoms with Gasteiger partial charge in [-0.05, 0) is 26.7 Å². The number of H-pyrrole nitrogens is 1. The first-order valence-corrected chi connectivity index (χ1v) is 5.22. The number of ether oxygens (including phenoxy) is 1. The number of carbonyl (C=O) groups is 1. The molecule has 0 bridgehead atoms. The van der Waals surface area contributed by atoms with Gasteiger partial charge >= 0.3 is 5.97 Å². The summed E-state index contributed by atoms with van der Waals surface area (Å²) in [4.78, 5) is 19.4. The molecule has 0 radical (unpaired) electrons. The minimum atomic E-state index is -0.492. The number of imidazole rings is 1. The van der Waals surface area contributed by atoms with Crippen LogP contribution >= 0.6 is 0 Å². The van der Waals surface area contributed by atoms with Gasteiger partial charge in [0, 0.05) is 5.69 Å². The van der Waals surface area contributed by atoms with Crippen molar-refractivity contribution in [3.05, 3.63) is 17.2 Å². The fourth-order valence-corrected chi connectivity index (χ4v) is 2.04. The van der Waals surface area contributed by atoms with Crippen molar-refractivity contribution in [2.45, 2.75) is 38.5 Å².